The molecule has 0 saturated heterocycles. The molecule has 37 heavy (non-hydrogen) atoms. The largest absolute Gasteiger partial charge is 0.382 e. The van der Waals surface area contributed by atoms with Crippen molar-refractivity contribution in [2.45, 2.75) is 71.2 Å². The summed E-state index contributed by atoms with van der Waals surface area (Å²) in [6.45, 7) is 9.96. The Morgan fingerprint density at radius 2 is 1.41 bits per heavy atom. The van der Waals surface area contributed by atoms with E-state index in [4.69, 9.17) is 0 Å². The first-order valence-corrected chi connectivity index (χ1v) is 14.3. The first kappa shape index (κ1) is 26.7. The summed E-state index contributed by atoms with van der Waals surface area (Å²) >= 11 is 0. The Hall–Kier alpha value is -3.38. The predicted molar refractivity (Wildman–Crippen MR) is 152 cm³/mol. The zero-order valence-electron chi connectivity index (χ0n) is 22.3. The van der Waals surface area contributed by atoms with E-state index in [0.717, 1.165) is 39.1 Å². The van der Waals surface area contributed by atoms with Gasteiger partial charge in [-0.15, -0.1) is 0 Å². The summed E-state index contributed by atoms with van der Waals surface area (Å²) in [4.78, 5) is 12.9. The molecule has 3 aromatic rings. The van der Waals surface area contributed by atoms with Gasteiger partial charge in [0.1, 0.15) is 0 Å². The molecule has 0 heterocycles. The number of anilines is 1. The van der Waals surface area contributed by atoms with Crippen molar-refractivity contribution in [3.63, 3.8) is 0 Å². The van der Waals surface area contributed by atoms with E-state index in [9.17, 15) is 13.2 Å². The fraction of sp³-hybridized carbons (Fsp3) is 0.323. The molecule has 1 fully saturated rings. The number of benzene rings is 3. The highest BCUT2D eigenvalue weighted by Crippen LogP contribution is 2.36. The van der Waals surface area contributed by atoms with Crippen LogP contribution >= 0.6 is 0 Å². The molecule has 5 nitrogen and oxygen atoms in total. The number of rotatable bonds is 7. The van der Waals surface area contributed by atoms with Crippen molar-refractivity contribution in [3.8, 4) is 11.1 Å². The Morgan fingerprint density at radius 3 is 1.97 bits per heavy atom. The van der Waals surface area contributed by atoms with Gasteiger partial charge >= 0.3 is 0 Å². The maximum atomic E-state index is 12.8. The van der Waals surface area contributed by atoms with Crippen LogP contribution in [0.1, 0.15) is 60.4 Å². The first-order chi connectivity index (χ1) is 17.6. The molecule has 1 amide bonds. The summed E-state index contributed by atoms with van der Waals surface area (Å²) in [5.41, 5.74) is 9.25. The van der Waals surface area contributed by atoms with Gasteiger partial charge in [-0.2, -0.15) is 0 Å². The van der Waals surface area contributed by atoms with E-state index in [-0.39, 0.29) is 4.90 Å². The Kier molecular flexibility index (Phi) is 7.88. The van der Waals surface area contributed by atoms with Crippen LogP contribution in [0.5, 0.6) is 0 Å². The number of carbonyl (C=O) groups excluding carboxylic acids is 1. The smallest absolute Gasteiger partial charge is 0.264 e. The van der Waals surface area contributed by atoms with Crippen molar-refractivity contribution in [2.24, 2.45) is 0 Å². The fourth-order valence-corrected chi connectivity index (χ4v) is 6.21. The van der Waals surface area contributed by atoms with Crippen molar-refractivity contribution in [2.75, 3.05) is 5.32 Å². The van der Waals surface area contributed by atoms with Gasteiger partial charge in [-0.05, 0) is 117 Å². The van der Waals surface area contributed by atoms with Crippen LogP contribution in [0.15, 0.2) is 65.1 Å². The van der Waals surface area contributed by atoms with Gasteiger partial charge in [0, 0.05) is 17.3 Å². The number of amides is 1. The Morgan fingerprint density at radius 1 is 0.838 bits per heavy atom. The summed E-state index contributed by atoms with van der Waals surface area (Å²) in [6, 6.07) is 17.2. The van der Waals surface area contributed by atoms with Gasteiger partial charge in [0.05, 0.1) is 4.90 Å². The van der Waals surface area contributed by atoms with Crippen LogP contribution in [0.3, 0.4) is 0 Å². The van der Waals surface area contributed by atoms with Crippen molar-refractivity contribution >= 4 is 27.7 Å². The van der Waals surface area contributed by atoms with Gasteiger partial charge in [-0.25, -0.2) is 13.1 Å². The van der Waals surface area contributed by atoms with Crippen LogP contribution in [0.4, 0.5) is 5.69 Å². The first-order valence-electron chi connectivity index (χ1n) is 12.9. The third-order valence-corrected chi connectivity index (χ3v) is 8.93. The molecule has 1 aliphatic carbocycles. The molecule has 0 radical (unpaired) electrons. The van der Waals surface area contributed by atoms with E-state index in [1.54, 1.807) is 31.2 Å². The molecule has 0 unspecified atom stereocenters. The van der Waals surface area contributed by atoms with E-state index >= 15 is 0 Å². The molecule has 0 aromatic heterocycles. The lowest BCUT2D eigenvalue weighted by Crippen LogP contribution is -2.31. The number of hydrogen-bond acceptors (Lipinski definition) is 4. The maximum Gasteiger partial charge on any atom is 0.264 e. The molecule has 2 N–H and O–H groups in total. The van der Waals surface area contributed by atoms with Crippen molar-refractivity contribution < 1.29 is 13.2 Å². The number of sulfonamides is 1. The van der Waals surface area contributed by atoms with E-state index in [1.165, 1.54) is 43.4 Å². The summed E-state index contributed by atoms with van der Waals surface area (Å²) < 4.78 is 27.4. The van der Waals surface area contributed by atoms with Gasteiger partial charge in [-0.3, -0.25) is 4.79 Å². The van der Waals surface area contributed by atoms with Crippen LogP contribution in [0.2, 0.25) is 0 Å². The second kappa shape index (κ2) is 10.9. The molecule has 0 aliphatic heterocycles. The molecule has 6 heteroatoms. The summed E-state index contributed by atoms with van der Waals surface area (Å²) in [6.07, 6.45) is 6.87. The zero-order chi connectivity index (χ0) is 26.7. The molecule has 0 bridgehead atoms. The van der Waals surface area contributed by atoms with E-state index < -0.39 is 15.9 Å². The van der Waals surface area contributed by atoms with Crippen LogP contribution in [-0.4, -0.2) is 20.4 Å². The second-order valence-corrected chi connectivity index (χ2v) is 11.7. The van der Waals surface area contributed by atoms with Crippen molar-refractivity contribution in [1.29, 1.82) is 0 Å². The maximum absolute atomic E-state index is 12.8. The summed E-state index contributed by atoms with van der Waals surface area (Å²) in [5, 5.41) is 3.65. The van der Waals surface area contributed by atoms with Crippen LogP contribution < -0.4 is 10.0 Å². The zero-order valence-corrected chi connectivity index (χ0v) is 23.1. The fourth-order valence-electron chi connectivity index (χ4n) is 5.17. The quantitative estimate of drug-likeness (QED) is 0.337. The minimum absolute atomic E-state index is 0.0593. The van der Waals surface area contributed by atoms with Gasteiger partial charge in [-0.1, -0.05) is 43.2 Å². The summed E-state index contributed by atoms with van der Waals surface area (Å²) in [5.74, 6) is -0.632. The van der Waals surface area contributed by atoms with Crippen molar-refractivity contribution in [3.05, 3.63) is 88.0 Å². The van der Waals surface area contributed by atoms with E-state index in [1.807, 2.05) is 0 Å². The molecule has 4 rings (SSSR count). The SMILES string of the molecule is C/C(=C\c1c(C)c(C)c(-c2ccc(NC3CCCC3)cc2)c(C)c1C)C(=O)NS(=O)(=O)c1ccccc1. The molecular formula is C31H36N2O3S. The van der Waals surface area contributed by atoms with Crippen molar-refractivity contribution in [1.82, 2.24) is 4.72 Å². The number of hydrogen-bond donors (Lipinski definition) is 2. The number of carbonyl (C=O) groups is 1. The van der Waals surface area contributed by atoms with Crippen LogP contribution in [0.25, 0.3) is 17.2 Å². The standard InChI is InChI=1S/C31H36N2O3S/c1-20(31(34)33-37(35,36)28-13-7-6-8-14-28)19-29-21(2)23(4)30(24(5)22(29)3)25-15-17-27(18-16-25)32-26-11-9-10-12-26/h6-8,13-19,26,32H,9-12H2,1-5H3,(H,33,34)/b20-19+. The lowest BCUT2D eigenvalue weighted by molar-refractivity contribution is -0.115. The highest BCUT2D eigenvalue weighted by atomic mass is 32.2. The molecule has 0 spiro atoms. The van der Waals surface area contributed by atoms with Gasteiger partial charge in [0.25, 0.3) is 15.9 Å². The predicted octanol–water partition coefficient (Wildman–Crippen LogP) is 6.85. The van der Waals surface area contributed by atoms with Crippen LogP contribution in [0, 0.1) is 27.7 Å². The lowest BCUT2D eigenvalue weighted by Gasteiger charge is -2.20. The molecule has 1 saturated carbocycles. The number of nitrogens with one attached hydrogen (secondary N) is 2. The Balaban J connectivity index is 1.60. The monoisotopic (exact) mass is 516 g/mol. The highest BCUT2D eigenvalue weighted by molar-refractivity contribution is 7.90. The van der Waals surface area contributed by atoms with Gasteiger partial charge in [0.15, 0.2) is 0 Å². The van der Waals surface area contributed by atoms with E-state index in [2.05, 4.69) is 62.0 Å². The second-order valence-electron chi connectivity index (χ2n) is 10.1. The van der Waals surface area contributed by atoms with E-state index in [0.29, 0.717) is 11.6 Å². The molecule has 194 valence electrons. The van der Waals surface area contributed by atoms with Gasteiger partial charge < -0.3 is 5.32 Å². The minimum Gasteiger partial charge on any atom is -0.382 e. The highest BCUT2D eigenvalue weighted by Gasteiger charge is 2.20. The van der Waals surface area contributed by atoms with Gasteiger partial charge in [0.2, 0.25) is 0 Å². The molecule has 3 aromatic carbocycles. The average molecular weight is 517 g/mol. The Bertz CT molecular complexity index is 1410. The summed E-state index contributed by atoms with van der Waals surface area (Å²) in [7, 11) is -3.93. The molecular weight excluding hydrogens is 480 g/mol. The topological polar surface area (TPSA) is 75.3 Å². The minimum atomic E-state index is -3.93. The van der Waals surface area contributed by atoms with Crippen LogP contribution in [-0.2, 0) is 14.8 Å². The molecule has 1 aliphatic rings. The molecule has 0 atom stereocenters. The third-order valence-electron chi connectivity index (χ3n) is 7.58. The Labute approximate surface area is 221 Å². The third kappa shape index (κ3) is 5.80. The average Bonchev–Trinajstić information content (AvgIpc) is 3.40. The normalized spacial score (nSPS) is 14.6. The lowest BCUT2D eigenvalue weighted by atomic mass is 9.85.